The summed E-state index contributed by atoms with van der Waals surface area (Å²) in [5.41, 5.74) is 3.46. The van der Waals surface area contributed by atoms with E-state index in [1.807, 2.05) is 41.8 Å². The van der Waals surface area contributed by atoms with Crippen molar-refractivity contribution in [3.05, 3.63) is 64.5 Å². The highest BCUT2D eigenvalue weighted by Gasteiger charge is 2.10. The van der Waals surface area contributed by atoms with Crippen LogP contribution in [0.25, 0.3) is 16.9 Å². The molecule has 0 bridgehead atoms. The summed E-state index contributed by atoms with van der Waals surface area (Å²) in [6.07, 6.45) is 1.89. The number of aromatic nitrogens is 2. The monoisotopic (exact) mass is 332 g/mol. The normalized spacial score (nSPS) is 10.2. The molecule has 3 rings (SSSR count). The average molecular weight is 333 g/mol. The van der Waals surface area contributed by atoms with Gasteiger partial charge in [0.1, 0.15) is 5.65 Å². The summed E-state index contributed by atoms with van der Waals surface area (Å²) in [7, 11) is 0. The summed E-state index contributed by atoms with van der Waals surface area (Å²) in [5.74, 6) is 0. The lowest BCUT2D eigenvalue weighted by atomic mass is 10.1. The minimum Gasteiger partial charge on any atom is -1.00 e. The van der Waals surface area contributed by atoms with E-state index in [1.165, 1.54) is 12.1 Å². The van der Waals surface area contributed by atoms with E-state index in [0.29, 0.717) is 0 Å². The van der Waals surface area contributed by atoms with E-state index in [1.54, 1.807) is 6.07 Å². The van der Waals surface area contributed by atoms with Gasteiger partial charge in [0.15, 0.2) is 0 Å². The van der Waals surface area contributed by atoms with Crippen molar-refractivity contribution in [2.75, 3.05) is 0 Å². The number of nitro benzene ring substituents is 1. The molecule has 102 valence electrons. The highest BCUT2D eigenvalue weighted by Crippen LogP contribution is 2.23. The maximum Gasteiger partial charge on any atom is 0.270 e. The second-order valence-electron chi connectivity index (χ2n) is 4.33. The number of fused-ring (bicyclic) bond motifs is 1. The van der Waals surface area contributed by atoms with Crippen LogP contribution in [0.5, 0.6) is 0 Å². The summed E-state index contributed by atoms with van der Waals surface area (Å²) in [6, 6.07) is 12.4. The molecule has 0 atom stereocenters. The number of hydrogen-bond donors (Lipinski definition) is 0. The minimum atomic E-state index is -0.398. The van der Waals surface area contributed by atoms with Gasteiger partial charge in [-0.3, -0.25) is 10.1 Å². The van der Waals surface area contributed by atoms with E-state index in [9.17, 15) is 10.1 Å². The summed E-state index contributed by atoms with van der Waals surface area (Å²) in [5, 5.41) is 10.8. The van der Waals surface area contributed by atoms with Crippen LogP contribution in [0.1, 0.15) is 5.69 Å². The summed E-state index contributed by atoms with van der Waals surface area (Å²) in [6.45, 7) is 1.99. The summed E-state index contributed by atoms with van der Waals surface area (Å²) in [4.78, 5) is 14.9. The Balaban J connectivity index is 0.00000147. The summed E-state index contributed by atoms with van der Waals surface area (Å²) < 4.78 is 1.97. The predicted molar refractivity (Wildman–Crippen MR) is 72.0 cm³/mol. The molecular formula is C14H11BrN3O2-. The smallest absolute Gasteiger partial charge is 0.270 e. The second kappa shape index (κ2) is 5.42. The number of halogens is 1. The molecular weight excluding hydrogens is 322 g/mol. The molecule has 6 heteroatoms. The number of aryl methyl sites for hydroxylation is 1. The lowest BCUT2D eigenvalue weighted by Crippen LogP contribution is -3.00. The van der Waals surface area contributed by atoms with Crippen LogP contribution < -0.4 is 17.0 Å². The van der Waals surface area contributed by atoms with Gasteiger partial charge in [-0.15, -0.1) is 0 Å². The molecule has 5 nitrogen and oxygen atoms in total. The van der Waals surface area contributed by atoms with Crippen LogP contribution in [0.15, 0.2) is 48.7 Å². The third kappa shape index (κ3) is 2.42. The van der Waals surface area contributed by atoms with Crippen molar-refractivity contribution in [1.82, 2.24) is 9.38 Å². The van der Waals surface area contributed by atoms with Crippen molar-refractivity contribution in [3.8, 4) is 11.3 Å². The molecule has 2 heterocycles. The van der Waals surface area contributed by atoms with E-state index >= 15 is 0 Å². The number of nitrogens with zero attached hydrogens (tertiary/aromatic N) is 3. The van der Waals surface area contributed by atoms with Crippen LogP contribution in [0.3, 0.4) is 0 Å². The van der Waals surface area contributed by atoms with Gasteiger partial charge >= 0.3 is 0 Å². The first-order valence-electron chi connectivity index (χ1n) is 5.85. The van der Waals surface area contributed by atoms with Crippen molar-refractivity contribution in [2.24, 2.45) is 0 Å². The zero-order valence-corrected chi connectivity index (χ0v) is 12.2. The standard InChI is InChI=1S/C14H11N3O2.BrH/c1-10-4-2-7-14-15-13(9-16(10)14)11-5-3-6-12(8-11)17(18)19;/h2-9H,1H3;1H/p-1. The highest BCUT2D eigenvalue weighted by molar-refractivity contribution is 5.65. The second-order valence-corrected chi connectivity index (χ2v) is 4.33. The number of rotatable bonds is 2. The maximum atomic E-state index is 10.8. The maximum absolute atomic E-state index is 10.8. The predicted octanol–water partition coefficient (Wildman–Crippen LogP) is 0.222. The largest absolute Gasteiger partial charge is 1.00 e. The van der Waals surface area contributed by atoms with Gasteiger partial charge in [0.25, 0.3) is 5.69 Å². The van der Waals surface area contributed by atoms with Crippen LogP contribution in [-0.4, -0.2) is 14.3 Å². The first-order valence-corrected chi connectivity index (χ1v) is 5.85. The zero-order valence-electron chi connectivity index (χ0n) is 10.7. The highest BCUT2D eigenvalue weighted by atomic mass is 79.9. The van der Waals surface area contributed by atoms with Gasteiger partial charge in [-0.05, 0) is 19.1 Å². The molecule has 3 aromatic rings. The minimum absolute atomic E-state index is 0. The quantitative estimate of drug-likeness (QED) is 0.498. The Hall–Kier alpha value is -2.21. The SMILES string of the molecule is Cc1cccc2nc(-c3cccc([N+](=O)[O-])c3)cn12.[Br-]. The van der Waals surface area contributed by atoms with Gasteiger partial charge in [0.2, 0.25) is 0 Å². The molecule has 0 aliphatic rings. The Kier molecular flexibility index (Phi) is 3.85. The average Bonchev–Trinajstić information content (AvgIpc) is 2.84. The van der Waals surface area contributed by atoms with Gasteiger partial charge in [0, 0.05) is 29.6 Å². The molecule has 0 aliphatic carbocycles. The Morgan fingerprint density at radius 1 is 1.20 bits per heavy atom. The van der Waals surface area contributed by atoms with Crippen molar-refractivity contribution < 1.29 is 21.9 Å². The van der Waals surface area contributed by atoms with Crippen molar-refractivity contribution in [3.63, 3.8) is 0 Å². The van der Waals surface area contributed by atoms with Gasteiger partial charge in [-0.2, -0.15) is 0 Å². The molecule has 0 amide bonds. The topological polar surface area (TPSA) is 60.4 Å². The van der Waals surface area contributed by atoms with E-state index in [2.05, 4.69) is 4.98 Å². The zero-order chi connectivity index (χ0) is 13.4. The van der Waals surface area contributed by atoms with Gasteiger partial charge in [0.05, 0.1) is 10.6 Å². The van der Waals surface area contributed by atoms with Gasteiger partial charge < -0.3 is 21.4 Å². The molecule has 0 fully saturated rings. The molecule has 1 aromatic carbocycles. The van der Waals surface area contributed by atoms with Crippen LogP contribution in [-0.2, 0) is 0 Å². The van der Waals surface area contributed by atoms with Crippen LogP contribution >= 0.6 is 0 Å². The third-order valence-corrected chi connectivity index (χ3v) is 3.05. The number of hydrogen-bond acceptors (Lipinski definition) is 3. The molecule has 0 spiro atoms. The Labute approximate surface area is 125 Å². The molecule has 2 aromatic heterocycles. The fraction of sp³-hybridized carbons (Fsp3) is 0.0714. The molecule has 0 saturated heterocycles. The van der Waals surface area contributed by atoms with Crippen LogP contribution in [0, 0.1) is 17.0 Å². The fourth-order valence-electron chi connectivity index (χ4n) is 2.07. The van der Waals surface area contributed by atoms with E-state index < -0.39 is 4.92 Å². The fourth-order valence-corrected chi connectivity index (χ4v) is 2.07. The van der Waals surface area contributed by atoms with Crippen molar-refractivity contribution in [2.45, 2.75) is 6.92 Å². The molecule has 20 heavy (non-hydrogen) atoms. The van der Waals surface area contributed by atoms with Crippen LogP contribution in [0.4, 0.5) is 5.69 Å². The molecule has 0 saturated carbocycles. The van der Waals surface area contributed by atoms with E-state index in [0.717, 1.165) is 22.6 Å². The Bertz CT molecular complexity index is 783. The summed E-state index contributed by atoms with van der Waals surface area (Å²) >= 11 is 0. The van der Waals surface area contributed by atoms with Gasteiger partial charge in [-0.25, -0.2) is 4.98 Å². The number of non-ortho nitro benzene ring substituents is 1. The van der Waals surface area contributed by atoms with Crippen molar-refractivity contribution >= 4 is 11.3 Å². The number of imidazole rings is 1. The van der Waals surface area contributed by atoms with E-state index in [-0.39, 0.29) is 22.7 Å². The molecule has 0 N–H and O–H groups in total. The first kappa shape index (κ1) is 14.2. The number of nitro groups is 1. The first-order chi connectivity index (χ1) is 9.15. The van der Waals surface area contributed by atoms with Crippen LogP contribution in [0.2, 0.25) is 0 Å². The molecule has 0 unspecified atom stereocenters. The molecule has 0 aliphatic heterocycles. The van der Waals surface area contributed by atoms with E-state index in [4.69, 9.17) is 0 Å². The Morgan fingerprint density at radius 2 is 1.95 bits per heavy atom. The lowest BCUT2D eigenvalue weighted by Gasteiger charge is -1.96. The Morgan fingerprint density at radius 3 is 2.65 bits per heavy atom. The van der Waals surface area contributed by atoms with Crippen molar-refractivity contribution in [1.29, 1.82) is 0 Å². The lowest BCUT2D eigenvalue weighted by molar-refractivity contribution is -0.384. The molecule has 0 radical (unpaired) electrons. The van der Waals surface area contributed by atoms with Gasteiger partial charge in [-0.1, -0.05) is 18.2 Å². The third-order valence-electron chi connectivity index (χ3n) is 3.05. The number of benzene rings is 1. The number of pyridine rings is 1.